The van der Waals surface area contributed by atoms with Gasteiger partial charge in [-0.05, 0) is 75.3 Å². The topological polar surface area (TPSA) is 103 Å². The minimum absolute atomic E-state index is 0.00912. The van der Waals surface area contributed by atoms with Crippen molar-refractivity contribution in [2.45, 2.75) is 90.9 Å². The van der Waals surface area contributed by atoms with E-state index in [1.165, 1.54) is 18.3 Å². The average Bonchev–Trinajstić information content (AvgIpc) is 3.37. The quantitative estimate of drug-likeness (QED) is 0.206. The summed E-state index contributed by atoms with van der Waals surface area (Å²) >= 11 is 0. The Morgan fingerprint density at radius 1 is 0.944 bits per heavy atom. The fraction of sp³-hybridized carbons (Fsp3) is 0.561. The minimum Gasteiger partial charge on any atom is -0.492 e. The molecular formula is C41H49F3N4O6. The number of benzene rings is 2. The van der Waals surface area contributed by atoms with Crippen molar-refractivity contribution < 1.29 is 41.8 Å². The number of alkyl halides is 2. The van der Waals surface area contributed by atoms with Gasteiger partial charge in [-0.25, -0.2) is 18.0 Å². The Kier molecular flexibility index (Phi) is 9.75. The lowest BCUT2D eigenvalue weighted by Crippen LogP contribution is -2.63. The van der Waals surface area contributed by atoms with Crippen molar-refractivity contribution in [1.29, 1.82) is 0 Å². The Morgan fingerprint density at radius 2 is 1.59 bits per heavy atom. The van der Waals surface area contributed by atoms with Gasteiger partial charge >= 0.3 is 5.97 Å². The highest BCUT2D eigenvalue weighted by molar-refractivity contribution is 5.96. The molecular weight excluding hydrogens is 701 g/mol. The number of halogens is 3. The number of esters is 1. The summed E-state index contributed by atoms with van der Waals surface area (Å²) in [6, 6.07) is 11.1. The third-order valence-corrected chi connectivity index (χ3v) is 11.4. The lowest BCUT2D eigenvalue weighted by atomic mass is 9.71. The Bertz CT molecular complexity index is 1890. The molecule has 2 amide bonds. The van der Waals surface area contributed by atoms with Crippen molar-refractivity contribution in [3.8, 4) is 11.5 Å². The van der Waals surface area contributed by atoms with Crippen LogP contribution in [0.1, 0.15) is 93.0 Å². The van der Waals surface area contributed by atoms with Gasteiger partial charge in [0.15, 0.2) is 0 Å². The molecule has 2 aliphatic carbocycles. The second-order valence-electron chi connectivity index (χ2n) is 17.4. The summed E-state index contributed by atoms with van der Waals surface area (Å²) < 4.78 is 61.3. The van der Waals surface area contributed by atoms with Crippen LogP contribution >= 0.6 is 0 Å². The maximum absolute atomic E-state index is 14.0. The summed E-state index contributed by atoms with van der Waals surface area (Å²) in [5.41, 5.74) is 0.0717. The number of amides is 2. The molecule has 2 aromatic carbocycles. The Morgan fingerprint density at radius 3 is 2.24 bits per heavy atom. The molecule has 13 heteroatoms. The molecule has 0 radical (unpaired) electrons. The van der Waals surface area contributed by atoms with Crippen LogP contribution in [0.2, 0.25) is 0 Å². The van der Waals surface area contributed by atoms with Gasteiger partial charge in [-0.1, -0.05) is 32.0 Å². The fourth-order valence-corrected chi connectivity index (χ4v) is 8.04. The van der Waals surface area contributed by atoms with Gasteiger partial charge in [-0.15, -0.1) is 0 Å². The average molecular weight is 751 g/mol. The zero-order valence-corrected chi connectivity index (χ0v) is 31.6. The molecule has 54 heavy (non-hydrogen) atoms. The van der Waals surface area contributed by atoms with E-state index in [0.29, 0.717) is 38.3 Å². The van der Waals surface area contributed by atoms with Gasteiger partial charge < -0.3 is 24.0 Å². The normalized spacial score (nSPS) is 22.8. The van der Waals surface area contributed by atoms with E-state index < -0.39 is 29.0 Å². The van der Waals surface area contributed by atoms with Gasteiger partial charge in [-0.3, -0.25) is 14.3 Å². The smallest absolute Gasteiger partial charge is 0.346 e. The van der Waals surface area contributed by atoms with Crippen molar-refractivity contribution in [2.75, 3.05) is 32.8 Å². The molecule has 0 bridgehead atoms. The predicted octanol–water partition coefficient (Wildman–Crippen LogP) is 7.01. The summed E-state index contributed by atoms with van der Waals surface area (Å²) in [4.78, 5) is 44.7. The number of ether oxygens (including phenoxy) is 3. The number of rotatable bonds is 10. The maximum Gasteiger partial charge on any atom is 0.346 e. The second-order valence-corrected chi connectivity index (χ2v) is 17.4. The third kappa shape index (κ3) is 8.10. The van der Waals surface area contributed by atoms with Crippen LogP contribution < -0.4 is 9.47 Å². The molecule has 3 aromatic rings. The van der Waals surface area contributed by atoms with Crippen LogP contribution in [0.15, 0.2) is 54.9 Å². The van der Waals surface area contributed by atoms with E-state index in [1.54, 1.807) is 66.9 Å². The van der Waals surface area contributed by atoms with Crippen LogP contribution in [-0.4, -0.2) is 87.8 Å². The highest BCUT2D eigenvalue weighted by Crippen LogP contribution is 2.55. The van der Waals surface area contributed by atoms with Crippen molar-refractivity contribution in [2.24, 2.45) is 22.7 Å². The van der Waals surface area contributed by atoms with E-state index in [1.807, 2.05) is 4.90 Å². The Hall–Kier alpha value is -4.55. The standard InChI is InChI=1S/C41H49F3N4O6/c1-38(2,3)54-37(51)34-32(7-6-8-33(34)53-30-13-15-41(43,44)16-14-30)52-22-28-21-46(23-40(28)24-47(25-40)36(50)31-17-39(31,4)5)35(49)27-18-45-48(20-27)19-26-9-11-29(42)12-10-26/h6-12,18,20,28,30-31H,13-17,19,21-25H2,1-5H3/t28?,31-/m1/s1. The number of carbonyl (C=O) groups is 3. The van der Waals surface area contributed by atoms with Gasteiger partial charge in [0.2, 0.25) is 11.8 Å². The molecule has 2 aliphatic heterocycles. The zero-order valence-electron chi connectivity index (χ0n) is 31.6. The molecule has 0 N–H and O–H groups in total. The first-order chi connectivity index (χ1) is 25.4. The summed E-state index contributed by atoms with van der Waals surface area (Å²) in [6.45, 7) is 11.7. The summed E-state index contributed by atoms with van der Waals surface area (Å²) in [6.07, 6.45) is 3.29. The van der Waals surface area contributed by atoms with Crippen molar-refractivity contribution in [3.63, 3.8) is 0 Å². The van der Waals surface area contributed by atoms with Crippen LogP contribution in [0.3, 0.4) is 0 Å². The van der Waals surface area contributed by atoms with Crippen molar-refractivity contribution in [3.05, 3.63) is 77.4 Å². The number of aromatic nitrogens is 2. The first-order valence-electron chi connectivity index (χ1n) is 18.8. The van der Waals surface area contributed by atoms with E-state index >= 15 is 0 Å². The van der Waals surface area contributed by atoms with Gasteiger partial charge in [-0.2, -0.15) is 5.10 Å². The predicted molar refractivity (Wildman–Crippen MR) is 193 cm³/mol. The number of hydrogen-bond donors (Lipinski definition) is 0. The molecule has 1 spiro atoms. The molecule has 2 atom stereocenters. The van der Waals surface area contributed by atoms with E-state index in [0.717, 1.165) is 12.0 Å². The molecule has 290 valence electrons. The number of likely N-dealkylation sites (tertiary alicyclic amines) is 2. The van der Waals surface area contributed by atoms with Gasteiger partial charge in [0.05, 0.1) is 31.0 Å². The van der Waals surface area contributed by atoms with Crippen LogP contribution in [0.25, 0.3) is 0 Å². The lowest BCUT2D eigenvalue weighted by Gasteiger charge is -2.51. The largest absolute Gasteiger partial charge is 0.492 e. The van der Waals surface area contributed by atoms with Crippen LogP contribution in [0.5, 0.6) is 11.5 Å². The molecule has 7 rings (SSSR count). The second kappa shape index (κ2) is 13.9. The van der Waals surface area contributed by atoms with E-state index in [-0.39, 0.29) is 84.2 Å². The van der Waals surface area contributed by atoms with Crippen molar-refractivity contribution in [1.82, 2.24) is 19.6 Å². The molecule has 1 aromatic heterocycles. The van der Waals surface area contributed by atoms with E-state index in [2.05, 4.69) is 18.9 Å². The van der Waals surface area contributed by atoms with Crippen molar-refractivity contribution >= 4 is 17.8 Å². The molecule has 2 saturated carbocycles. The lowest BCUT2D eigenvalue weighted by molar-refractivity contribution is -0.148. The van der Waals surface area contributed by atoms with Gasteiger partial charge in [0.1, 0.15) is 28.5 Å². The molecule has 1 unspecified atom stereocenters. The molecule has 10 nitrogen and oxygen atoms in total. The maximum atomic E-state index is 14.0. The summed E-state index contributed by atoms with van der Waals surface area (Å²) in [7, 11) is 0. The summed E-state index contributed by atoms with van der Waals surface area (Å²) in [5.74, 6) is -3.53. The first-order valence-corrected chi connectivity index (χ1v) is 18.8. The third-order valence-electron chi connectivity index (χ3n) is 11.4. The highest BCUT2D eigenvalue weighted by Gasteiger charge is 2.60. The molecule has 3 heterocycles. The highest BCUT2D eigenvalue weighted by atomic mass is 19.3. The first kappa shape index (κ1) is 37.8. The summed E-state index contributed by atoms with van der Waals surface area (Å²) in [5, 5.41) is 4.38. The van der Waals surface area contributed by atoms with E-state index in [4.69, 9.17) is 14.2 Å². The number of hydrogen-bond acceptors (Lipinski definition) is 7. The monoisotopic (exact) mass is 750 g/mol. The SMILES string of the molecule is CC(C)(C)OC(=O)c1c(OCC2CN(C(=O)c3cnn(Cc4ccc(F)cc4)c3)CC23CN(C(=O)[C@H]2CC2(C)C)C3)cccc1OC1CCC(F)(F)CC1. The van der Waals surface area contributed by atoms with Crippen LogP contribution in [0.4, 0.5) is 13.2 Å². The molecule has 4 aliphatic rings. The molecule has 2 saturated heterocycles. The fourth-order valence-electron chi connectivity index (χ4n) is 8.04. The van der Waals surface area contributed by atoms with E-state index in [9.17, 15) is 27.6 Å². The number of nitrogens with zero attached hydrogens (tertiary/aromatic N) is 4. The van der Waals surface area contributed by atoms with Gasteiger partial charge in [0.25, 0.3) is 5.91 Å². The molecule has 4 fully saturated rings. The zero-order chi connectivity index (χ0) is 38.6. The Balaban J connectivity index is 1.10. The Labute approximate surface area is 313 Å². The van der Waals surface area contributed by atoms with Crippen LogP contribution in [-0.2, 0) is 16.1 Å². The van der Waals surface area contributed by atoms with Crippen LogP contribution in [0, 0.1) is 28.5 Å². The van der Waals surface area contributed by atoms with Gasteiger partial charge in [0, 0.05) is 62.5 Å². The number of carbonyl (C=O) groups excluding carboxylic acids is 3. The minimum atomic E-state index is -2.73.